The molecule has 1 aliphatic carbocycles. The molecule has 1 aromatic rings. The van der Waals surface area contributed by atoms with Crippen LogP contribution in [0.15, 0.2) is 30.3 Å². The minimum atomic E-state index is -1.09. The third kappa shape index (κ3) is 3.57. The van der Waals surface area contributed by atoms with Crippen LogP contribution in [-0.2, 0) is 15.1 Å². The first-order valence-electron chi connectivity index (χ1n) is 9.84. The molecular formula is C21H29N3O3. The molecule has 27 heavy (non-hydrogen) atoms. The molecule has 146 valence electrons. The van der Waals surface area contributed by atoms with Crippen molar-refractivity contribution in [2.45, 2.75) is 57.5 Å². The lowest BCUT2D eigenvalue weighted by molar-refractivity contribution is -0.140. The van der Waals surface area contributed by atoms with E-state index in [1.807, 2.05) is 37.3 Å². The Kier molecular flexibility index (Phi) is 5.53. The molecule has 6 heteroatoms. The lowest BCUT2D eigenvalue weighted by Crippen LogP contribution is -2.47. The highest BCUT2D eigenvalue weighted by molar-refractivity contribution is 6.09. The fraction of sp³-hybridized carbons (Fsp3) is 0.571. The summed E-state index contributed by atoms with van der Waals surface area (Å²) in [4.78, 5) is 41.2. The van der Waals surface area contributed by atoms with Gasteiger partial charge in [0.15, 0.2) is 0 Å². The quantitative estimate of drug-likeness (QED) is 0.809. The largest absolute Gasteiger partial charge is 0.341 e. The average molecular weight is 371 g/mol. The Bertz CT molecular complexity index is 713. The molecule has 6 nitrogen and oxygen atoms in total. The minimum Gasteiger partial charge on any atom is -0.341 e. The summed E-state index contributed by atoms with van der Waals surface area (Å²) in [5.74, 6) is 0.171. The molecule has 2 fully saturated rings. The van der Waals surface area contributed by atoms with Crippen LogP contribution in [0.3, 0.4) is 0 Å². The number of imide groups is 1. The molecule has 1 heterocycles. The van der Waals surface area contributed by atoms with Crippen LogP contribution in [0.5, 0.6) is 0 Å². The van der Waals surface area contributed by atoms with Gasteiger partial charge < -0.3 is 10.2 Å². The Morgan fingerprint density at radius 1 is 1.19 bits per heavy atom. The van der Waals surface area contributed by atoms with Gasteiger partial charge in [0.25, 0.3) is 5.91 Å². The van der Waals surface area contributed by atoms with Crippen molar-refractivity contribution >= 4 is 17.8 Å². The van der Waals surface area contributed by atoms with E-state index in [1.165, 1.54) is 0 Å². The van der Waals surface area contributed by atoms with Crippen molar-refractivity contribution in [2.75, 3.05) is 13.6 Å². The van der Waals surface area contributed by atoms with Crippen molar-refractivity contribution in [3.63, 3.8) is 0 Å². The van der Waals surface area contributed by atoms with E-state index in [9.17, 15) is 14.4 Å². The lowest BCUT2D eigenvalue weighted by Gasteiger charge is -2.34. The first kappa shape index (κ1) is 19.4. The van der Waals surface area contributed by atoms with Gasteiger partial charge in [0.1, 0.15) is 12.1 Å². The highest BCUT2D eigenvalue weighted by Crippen LogP contribution is 2.32. The summed E-state index contributed by atoms with van der Waals surface area (Å²) < 4.78 is 0. The summed E-state index contributed by atoms with van der Waals surface area (Å²) >= 11 is 0. The van der Waals surface area contributed by atoms with Crippen LogP contribution in [0.25, 0.3) is 0 Å². The third-order valence-electron chi connectivity index (χ3n) is 6.19. The van der Waals surface area contributed by atoms with Gasteiger partial charge in [-0.3, -0.25) is 14.5 Å². The SMILES string of the molecule is CCC1(c2ccccc2)NC(=O)N(CC(=O)N(C)C2CCC(C)CC2)C1=O. The van der Waals surface area contributed by atoms with E-state index in [1.54, 1.807) is 11.9 Å². The maximum Gasteiger partial charge on any atom is 0.325 e. The topological polar surface area (TPSA) is 69.7 Å². The van der Waals surface area contributed by atoms with Crippen LogP contribution < -0.4 is 5.32 Å². The van der Waals surface area contributed by atoms with Gasteiger partial charge in [-0.15, -0.1) is 0 Å². The smallest absolute Gasteiger partial charge is 0.325 e. The van der Waals surface area contributed by atoms with Crippen LogP contribution in [-0.4, -0.2) is 47.3 Å². The second-order valence-corrected chi connectivity index (χ2v) is 7.86. The van der Waals surface area contributed by atoms with E-state index in [-0.39, 0.29) is 24.4 Å². The van der Waals surface area contributed by atoms with E-state index >= 15 is 0 Å². The van der Waals surface area contributed by atoms with Gasteiger partial charge in [-0.05, 0) is 43.6 Å². The van der Waals surface area contributed by atoms with Crippen LogP contribution in [0, 0.1) is 5.92 Å². The Balaban J connectivity index is 1.73. The van der Waals surface area contributed by atoms with Crippen molar-refractivity contribution in [1.29, 1.82) is 0 Å². The van der Waals surface area contributed by atoms with Crippen molar-refractivity contribution in [3.05, 3.63) is 35.9 Å². The van der Waals surface area contributed by atoms with Gasteiger partial charge in [0, 0.05) is 13.1 Å². The van der Waals surface area contributed by atoms with Crippen LogP contribution in [0.4, 0.5) is 4.79 Å². The average Bonchev–Trinajstić information content (AvgIpc) is 2.93. The van der Waals surface area contributed by atoms with E-state index in [0.717, 1.165) is 36.1 Å². The standard InChI is InChI=1S/C21H29N3O3/c1-4-21(16-8-6-5-7-9-16)19(26)24(20(27)22-21)14-18(25)23(3)17-12-10-15(2)11-13-17/h5-9,15,17H,4,10-14H2,1-3H3,(H,22,27). The normalized spacial score (nSPS) is 28.2. The number of benzene rings is 1. The molecule has 4 amide bonds. The van der Waals surface area contributed by atoms with Gasteiger partial charge >= 0.3 is 6.03 Å². The van der Waals surface area contributed by atoms with Crippen molar-refractivity contribution in [1.82, 2.24) is 15.1 Å². The molecular weight excluding hydrogens is 342 g/mol. The molecule has 0 bridgehead atoms. The summed E-state index contributed by atoms with van der Waals surface area (Å²) in [7, 11) is 1.78. The fourth-order valence-electron chi connectivity index (χ4n) is 4.21. The van der Waals surface area contributed by atoms with Gasteiger partial charge in [-0.1, -0.05) is 44.2 Å². The molecule has 1 unspecified atom stereocenters. The van der Waals surface area contributed by atoms with E-state index in [4.69, 9.17) is 0 Å². The zero-order chi connectivity index (χ0) is 19.6. The number of rotatable bonds is 5. The van der Waals surface area contributed by atoms with Gasteiger partial charge in [0.2, 0.25) is 5.91 Å². The van der Waals surface area contributed by atoms with Crippen LogP contribution in [0.1, 0.15) is 51.5 Å². The minimum absolute atomic E-state index is 0.182. The van der Waals surface area contributed by atoms with E-state index in [2.05, 4.69) is 12.2 Å². The van der Waals surface area contributed by atoms with Crippen LogP contribution in [0.2, 0.25) is 0 Å². The molecule has 1 aliphatic heterocycles. The first-order chi connectivity index (χ1) is 12.9. The van der Waals surface area contributed by atoms with Crippen LogP contribution >= 0.6 is 0 Å². The monoisotopic (exact) mass is 371 g/mol. The maximum absolute atomic E-state index is 13.1. The number of carbonyl (C=O) groups is 3. The second-order valence-electron chi connectivity index (χ2n) is 7.86. The number of nitrogens with one attached hydrogen (secondary N) is 1. The van der Waals surface area contributed by atoms with Gasteiger partial charge in [-0.2, -0.15) is 0 Å². The Hall–Kier alpha value is -2.37. The van der Waals surface area contributed by atoms with Crippen molar-refractivity contribution in [3.8, 4) is 0 Å². The lowest BCUT2D eigenvalue weighted by atomic mass is 9.86. The number of hydrogen-bond donors (Lipinski definition) is 1. The zero-order valence-electron chi connectivity index (χ0n) is 16.4. The number of carbonyl (C=O) groups excluding carboxylic acids is 3. The number of hydrogen-bond acceptors (Lipinski definition) is 3. The molecule has 0 radical (unpaired) electrons. The van der Waals surface area contributed by atoms with E-state index in [0.29, 0.717) is 12.3 Å². The predicted octanol–water partition coefficient (Wildman–Crippen LogP) is 2.88. The molecule has 1 saturated carbocycles. The first-order valence-corrected chi connectivity index (χ1v) is 9.84. The maximum atomic E-state index is 13.1. The molecule has 1 saturated heterocycles. The van der Waals surface area contributed by atoms with Gasteiger partial charge in [-0.25, -0.2) is 4.79 Å². The molecule has 0 aromatic heterocycles. The number of urea groups is 1. The Morgan fingerprint density at radius 2 is 1.81 bits per heavy atom. The van der Waals surface area contributed by atoms with E-state index < -0.39 is 11.6 Å². The molecule has 3 rings (SSSR count). The second kappa shape index (κ2) is 7.71. The zero-order valence-corrected chi connectivity index (χ0v) is 16.4. The summed E-state index contributed by atoms with van der Waals surface area (Å²) in [6.07, 6.45) is 4.61. The molecule has 1 N–H and O–H groups in total. The number of amides is 4. The van der Waals surface area contributed by atoms with Crippen molar-refractivity contribution in [2.24, 2.45) is 5.92 Å². The molecule has 2 aliphatic rings. The Morgan fingerprint density at radius 3 is 2.41 bits per heavy atom. The summed E-state index contributed by atoms with van der Waals surface area (Å²) in [6, 6.07) is 8.93. The molecule has 1 atom stereocenters. The third-order valence-corrected chi connectivity index (χ3v) is 6.19. The number of likely N-dealkylation sites (N-methyl/N-ethyl adjacent to an activating group) is 1. The highest BCUT2D eigenvalue weighted by atomic mass is 16.2. The number of nitrogens with zero attached hydrogens (tertiary/aromatic N) is 2. The Labute approximate surface area is 160 Å². The fourth-order valence-corrected chi connectivity index (χ4v) is 4.21. The molecule has 0 spiro atoms. The predicted molar refractivity (Wildman–Crippen MR) is 103 cm³/mol. The molecule has 1 aromatic carbocycles. The van der Waals surface area contributed by atoms with Gasteiger partial charge in [0.05, 0.1) is 0 Å². The van der Waals surface area contributed by atoms with Crippen molar-refractivity contribution < 1.29 is 14.4 Å². The summed E-state index contributed by atoms with van der Waals surface area (Å²) in [5, 5.41) is 2.83. The summed E-state index contributed by atoms with van der Waals surface area (Å²) in [5.41, 5.74) is -0.340. The summed E-state index contributed by atoms with van der Waals surface area (Å²) in [6.45, 7) is 3.90. The highest BCUT2D eigenvalue weighted by Gasteiger charge is 2.51.